The number of aliphatic hydroxyl groups excluding tert-OH is 1. The second-order valence-electron chi connectivity index (χ2n) is 10.4. The van der Waals surface area contributed by atoms with Crippen LogP contribution in [0.1, 0.15) is 47.1 Å². The minimum absolute atomic E-state index is 0.0440. The Morgan fingerprint density at radius 3 is 2.37 bits per heavy atom. The number of benzene rings is 1. The van der Waals surface area contributed by atoms with Gasteiger partial charge in [-0.1, -0.05) is 57.2 Å². The number of hydrogen-bond donors (Lipinski definition) is 1. The van der Waals surface area contributed by atoms with Gasteiger partial charge in [0.2, 0.25) is 0 Å². The Bertz CT molecular complexity index is 741. The third-order valence-electron chi connectivity index (χ3n) is 6.70. The fourth-order valence-corrected chi connectivity index (χ4v) is 5.18. The summed E-state index contributed by atoms with van der Waals surface area (Å²) in [5.41, 5.74) is 0.371. The van der Waals surface area contributed by atoms with Gasteiger partial charge in [-0.25, -0.2) is 4.79 Å². The van der Waals surface area contributed by atoms with E-state index in [-0.39, 0.29) is 17.2 Å². The molecular weight excluding hydrogens is 394 g/mol. The van der Waals surface area contributed by atoms with Gasteiger partial charge in [0, 0.05) is 5.92 Å². The minimum Gasteiger partial charge on any atom is -0.441 e. The molecule has 5 nitrogen and oxygen atoms in total. The smallest absolute Gasteiger partial charge is 0.412 e. The van der Waals surface area contributed by atoms with Gasteiger partial charge in [0.25, 0.3) is 0 Å². The van der Waals surface area contributed by atoms with Crippen LogP contribution in [0.5, 0.6) is 0 Å². The van der Waals surface area contributed by atoms with E-state index < -0.39 is 32.2 Å². The maximum Gasteiger partial charge on any atom is 0.412 e. The fraction of sp³-hybridized carbons (Fsp3) is 0.625. The summed E-state index contributed by atoms with van der Waals surface area (Å²) in [5.74, 6) is -0.432. The number of nitrogens with zero attached hydrogens (tertiary/aromatic N) is 1. The normalized spacial score (nSPS) is 22.4. The lowest BCUT2D eigenvalue weighted by Crippen LogP contribution is -2.54. The zero-order valence-electron chi connectivity index (χ0n) is 19.8. The molecule has 0 radical (unpaired) electrons. The molecule has 1 unspecified atom stereocenters. The highest BCUT2D eigenvalue weighted by Gasteiger charge is 2.52. The maximum absolute atomic E-state index is 12.8. The van der Waals surface area contributed by atoms with Crippen LogP contribution in [0.15, 0.2) is 43.0 Å². The highest BCUT2D eigenvalue weighted by Crippen LogP contribution is 2.40. The van der Waals surface area contributed by atoms with Crippen LogP contribution >= 0.6 is 0 Å². The first kappa shape index (κ1) is 24.6. The summed E-state index contributed by atoms with van der Waals surface area (Å²) in [6.45, 7) is 20.6. The molecule has 0 aliphatic carbocycles. The molecule has 1 aromatic rings. The Balaban J connectivity index is 2.28. The molecule has 0 saturated carbocycles. The highest BCUT2D eigenvalue weighted by atomic mass is 28.4. The van der Waals surface area contributed by atoms with Crippen molar-refractivity contribution in [2.45, 2.75) is 90.1 Å². The molecule has 6 heteroatoms. The Morgan fingerprint density at radius 2 is 1.87 bits per heavy atom. The van der Waals surface area contributed by atoms with Gasteiger partial charge in [0.1, 0.15) is 11.8 Å². The summed E-state index contributed by atoms with van der Waals surface area (Å²) >= 11 is 0. The van der Waals surface area contributed by atoms with Crippen molar-refractivity contribution in [1.82, 2.24) is 4.90 Å². The van der Waals surface area contributed by atoms with Crippen LogP contribution in [0, 0.1) is 5.92 Å². The first-order valence-electron chi connectivity index (χ1n) is 10.7. The fourth-order valence-electron chi connectivity index (χ4n) is 3.74. The average molecular weight is 434 g/mol. The van der Waals surface area contributed by atoms with E-state index >= 15 is 0 Å². The van der Waals surface area contributed by atoms with Gasteiger partial charge in [0.15, 0.2) is 8.32 Å². The van der Waals surface area contributed by atoms with Gasteiger partial charge < -0.3 is 14.3 Å². The second kappa shape index (κ2) is 8.85. The van der Waals surface area contributed by atoms with Crippen LogP contribution in [0.4, 0.5) is 4.79 Å². The summed E-state index contributed by atoms with van der Waals surface area (Å²) in [4.78, 5) is 14.3. The third kappa shape index (κ3) is 5.16. The summed E-state index contributed by atoms with van der Waals surface area (Å²) < 4.78 is 12.2. The molecule has 4 atom stereocenters. The highest BCUT2D eigenvalue weighted by molar-refractivity contribution is 6.74. The van der Waals surface area contributed by atoms with E-state index in [1.165, 1.54) is 4.90 Å². The van der Waals surface area contributed by atoms with Crippen LogP contribution in [0.2, 0.25) is 18.1 Å². The molecule has 1 heterocycles. The number of ether oxygens (including phenoxy) is 1. The van der Waals surface area contributed by atoms with E-state index in [1.54, 1.807) is 6.08 Å². The number of aliphatic hydroxyl groups is 1. The number of rotatable bonds is 8. The van der Waals surface area contributed by atoms with Gasteiger partial charge in [-0.15, -0.1) is 6.58 Å². The van der Waals surface area contributed by atoms with Gasteiger partial charge in [-0.05, 0) is 50.9 Å². The summed E-state index contributed by atoms with van der Waals surface area (Å²) in [7, 11) is -2.05. The van der Waals surface area contributed by atoms with Crippen LogP contribution < -0.4 is 0 Å². The van der Waals surface area contributed by atoms with Crippen molar-refractivity contribution >= 4 is 14.4 Å². The molecule has 1 aliphatic rings. The predicted octanol–water partition coefficient (Wildman–Crippen LogP) is 5.36. The summed E-state index contributed by atoms with van der Waals surface area (Å²) in [6, 6.07) is 9.66. The minimum atomic E-state index is -2.05. The van der Waals surface area contributed by atoms with E-state index in [9.17, 15) is 9.90 Å². The number of hydrogen-bond acceptors (Lipinski definition) is 4. The van der Waals surface area contributed by atoms with Crippen LogP contribution in [0.25, 0.3) is 0 Å². The molecule has 1 amide bonds. The average Bonchev–Trinajstić information content (AvgIpc) is 2.83. The number of carbonyl (C=O) groups is 1. The molecule has 0 bridgehead atoms. The van der Waals surface area contributed by atoms with E-state index in [1.807, 2.05) is 51.1 Å². The van der Waals surface area contributed by atoms with Gasteiger partial charge in [-0.3, -0.25) is 4.90 Å². The van der Waals surface area contributed by atoms with E-state index in [4.69, 9.17) is 9.16 Å². The van der Waals surface area contributed by atoms with Gasteiger partial charge in [-0.2, -0.15) is 0 Å². The van der Waals surface area contributed by atoms with Crippen molar-refractivity contribution in [1.29, 1.82) is 0 Å². The molecule has 30 heavy (non-hydrogen) atoms. The lowest BCUT2D eigenvalue weighted by molar-refractivity contribution is -0.0467. The molecule has 1 N–H and O–H groups in total. The molecular formula is C24H39NO4Si. The van der Waals surface area contributed by atoms with Crippen molar-refractivity contribution in [3.8, 4) is 0 Å². The van der Waals surface area contributed by atoms with Crippen molar-refractivity contribution < 1.29 is 19.1 Å². The van der Waals surface area contributed by atoms with Crippen LogP contribution in [-0.4, -0.2) is 48.4 Å². The number of cyclic esters (lactones) is 1. The Kier molecular flexibility index (Phi) is 7.27. The van der Waals surface area contributed by atoms with Gasteiger partial charge in [0.05, 0.1) is 12.1 Å². The van der Waals surface area contributed by atoms with E-state index in [2.05, 4.69) is 40.4 Å². The summed E-state index contributed by atoms with van der Waals surface area (Å²) in [5, 5.41) is 11.4. The molecule has 1 saturated heterocycles. The predicted molar refractivity (Wildman–Crippen MR) is 124 cm³/mol. The monoisotopic (exact) mass is 433 g/mol. The molecule has 1 fully saturated rings. The SMILES string of the molecule is C=C[C@H](C(O)N1C(=O)OC(C)(C)[C@@H]1Cc1ccccc1)[C@@H](C)O[Si](C)(C)C(C)(C)C. The summed E-state index contributed by atoms with van der Waals surface area (Å²) in [6.07, 6.45) is 0.427. The van der Waals surface area contributed by atoms with Crippen LogP contribution in [-0.2, 0) is 15.6 Å². The van der Waals surface area contributed by atoms with Crippen molar-refractivity contribution in [3.05, 3.63) is 48.6 Å². The Hall–Kier alpha value is -1.63. The molecule has 0 aromatic heterocycles. The number of amides is 1. The van der Waals surface area contributed by atoms with Gasteiger partial charge >= 0.3 is 6.09 Å². The molecule has 2 rings (SSSR count). The van der Waals surface area contributed by atoms with E-state index in [0.29, 0.717) is 6.42 Å². The number of carbonyl (C=O) groups excluding carboxylic acids is 1. The zero-order valence-corrected chi connectivity index (χ0v) is 20.8. The molecule has 0 spiro atoms. The molecule has 1 aromatic carbocycles. The van der Waals surface area contributed by atoms with Crippen LogP contribution in [0.3, 0.4) is 0 Å². The quantitative estimate of drug-likeness (QED) is 0.443. The maximum atomic E-state index is 12.8. The Morgan fingerprint density at radius 1 is 1.30 bits per heavy atom. The largest absolute Gasteiger partial charge is 0.441 e. The first-order valence-corrected chi connectivity index (χ1v) is 13.7. The molecule has 168 valence electrons. The van der Waals surface area contributed by atoms with Crippen molar-refractivity contribution in [2.24, 2.45) is 5.92 Å². The van der Waals surface area contributed by atoms with Crippen molar-refractivity contribution in [2.75, 3.05) is 0 Å². The first-order chi connectivity index (χ1) is 13.7. The third-order valence-corrected chi connectivity index (χ3v) is 11.3. The Labute approximate surface area is 183 Å². The standard InChI is InChI=1S/C24H39NO4Si/c1-10-19(17(2)29-30(8,9)23(3,4)5)21(26)25-20(24(6,7)28-22(25)27)16-18-14-12-11-13-15-18/h10-15,17,19-21,26H,1,16H2,2-9H3/t17-,19+,20+,21?/m1/s1. The lowest BCUT2D eigenvalue weighted by atomic mass is 9.90. The topological polar surface area (TPSA) is 59.0 Å². The van der Waals surface area contributed by atoms with E-state index in [0.717, 1.165) is 5.56 Å². The molecule has 1 aliphatic heterocycles. The second-order valence-corrected chi connectivity index (χ2v) is 15.2. The zero-order chi connectivity index (χ0) is 22.9. The van der Waals surface area contributed by atoms with Crippen molar-refractivity contribution in [3.63, 3.8) is 0 Å². The lowest BCUT2D eigenvalue weighted by Gasteiger charge is -2.42.